The Kier molecular flexibility index (Phi) is 19.8. The number of aromatic nitrogens is 2. The van der Waals surface area contributed by atoms with E-state index in [0.717, 1.165) is 32.2 Å². The van der Waals surface area contributed by atoms with Crippen molar-refractivity contribution in [3.05, 3.63) is 60.1 Å². The lowest BCUT2D eigenvalue weighted by atomic mass is 10.1. The summed E-state index contributed by atoms with van der Waals surface area (Å²) < 4.78 is 26.1. The molecule has 2 aromatic heterocycles. The summed E-state index contributed by atoms with van der Waals surface area (Å²) in [5.41, 5.74) is 4.49. The third-order valence-electron chi connectivity index (χ3n) is 6.62. The van der Waals surface area contributed by atoms with Crippen molar-refractivity contribution in [1.82, 2.24) is 19.8 Å². The second-order valence-corrected chi connectivity index (χ2v) is 14.3. The number of nitrogens with one attached hydrogen (secondary N) is 1. The summed E-state index contributed by atoms with van der Waals surface area (Å²) in [5.74, 6) is 0. The minimum Gasteiger partial charge on any atom is -0.444 e. The molecule has 0 bridgehead atoms. The Labute approximate surface area is 320 Å². The predicted octanol–water partition coefficient (Wildman–Crippen LogP) is 8.32. The molecule has 0 aromatic carbocycles. The van der Waals surface area contributed by atoms with Crippen molar-refractivity contribution >= 4 is 64.1 Å². The zero-order valence-electron chi connectivity index (χ0n) is 30.4. The molecular formula is C32H50Cl3FN8O8. The molecule has 0 spiro atoms. The highest BCUT2D eigenvalue weighted by atomic mass is 35.5. The number of nitrogens with zero attached hydrogens (tertiary/aromatic N) is 6. The van der Waals surface area contributed by atoms with E-state index in [0.29, 0.717) is 25.3 Å². The maximum Gasteiger partial charge on any atom is 0.410 e. The number of hydrogen-bond acceptors (Lipinski definition) is 12. The molecule has 20 heteroatoms. The topological polar surface area (TPSA) is 209 Å². The summed E-state index contributed by atoms with van der Waals surface area (Å²) in [5, 5.41) is 24.2. The quantitative estimate of drug-likeness (QED) is 0.170. The monoisotopic (exact) mass is 799 g/mol. The van der Waals surface area contributed by atoms with E-state index in [4.69, 9.17) is 51.4 Å². The van der Waals surface area contributed by atoms with Crippen molar-refractivity contribution < 1.29 is 34.7 Å². The van der Waals surface area contributed by atoms with Crippen LogP contribution in [0.5, 0.6) is 0 Å². The molecule has 2 fully saturated rings. The van der Waals surface area contributed by atoms with Crippen molar-refractivity contribution in [2.75, 3.05) is 38.6 Å². The number of hydrogen-bond donors (Lipinski definition) is 2. The molecule has 52 heavy (non-hydrogen) atoms. The molecular weight excluding hydrogens is 750 g/mol. The Morgan fingerprint density at radius 2 is 1.35 bits per heavy atom. The summed E-state index contributed by atoms with van der Waals surface area (Å²) in [7, 11) is -1.00. The standard InChI is InChI=1S/C15H21ClN4O4.C10H20N2O2.C5H2Cl2N2O2.CH3F.CH4/c1-15(2,3)24-14(21)19-8-4-5-10(9-19)18-11-6-7-17-13(16)12(11)20(22)23;1-10(2,3)14-9(13)12-6-4-5-8(11)7-12;6-3-1-2-8-5(7)4(3)9(10)11;1-2;/h6-7,10H,4-5,8-9H2,1-3H3,(H,17,18);8H,4-7,11H2,1-3H3;1-2H;1H3;1H4/t10-;8-;;;/m11.../s1/i;;;1D;. The van der Waals surface area contributed by atoms with Crippen LogP contribution in [0.3, 0.4) is 0 Å². The van der Waals surface area contributed by atoms with E-state index in [1.54, 1.807) is 9.80 Å². The van der Waals surface area contributed by atoms with Gasteiger partial charge in [0, 0.05) is 50.7 Å². The van der Waals surface area contributed by atoms with Gasteiger partial charge in [0.15, 0.2) is 0 Å². The van der Waals surface area contributed by atoms with Crippen LogP contribution in [0.25, 0.3) is 0 Å². The first-order chi connectivity index (χ1) is 24.1. The van der Waals surface area contributed by atoms with Crippen molar-refractivity contribution in [2.24, 2.45) is 5.73 Å². The Morgan fingerprint density at radius 3 is 1.77 bits per heavy atom. The molecule has 2 amide bonds. The number of alkyl halides is 1. The Morgan fingerprint density at radius 1 is 0.904 bits per heavy atom. The van der Waals surface area contributed by atoms with Crippen LogP contribution >= 0.6 is 34.8 Å². The third-order valence-corrected chi connectivity index (χ3v) is 7.48. The summed E-state index contributed by atoms with van der Waals surface area (Å²) in [6.07, 6.45) is 5.63. The minimum absolute atomic E-state index is 0. The number of nitrogens with two attached hydrogens (primary N) is 1. The van der Waals surface area contributed by atoms with E-state index in [2.05, 4.69) is 15.3 Å². The number of ether oxygens (including phenoxy) is 2. The molecule has 2 aliphatic rings. The molecule has 0 saturated carbocycles. The van der Waals surface area contributed by atoms with E-state index in [9.17, 15) is 34.2 Å². The molecule has 0 unspecified atom stereocenters. The number of rotatable bonds is 4. The van der Waals surface area contributed by atoms with Crippen LogP contribution in [0.4, 0.5) is 31.0 Å². The van der Waals surface area contributed by atoms with Crippen LogP contribution in [-0.2, 0) is 9.47 Å². The molecule has 4 heterocycles. The lowest BCUT2D eigenvalue weighted by Crippen LogP contribution is -2.47. The van der Waals surface area contributed by atoms with E-state index < -0.39 is 28.2 Å². The number of amides is 2. The van der Waals surface area contributed by atoms with Gasteiger partial charge in [0.25, 0.3) is 0 Å². The number of carbonyl (C=O) groups excluding carboxylic acids is 2. The predicted molar refractivity (Wildman–Crippen MR) is 200 cm³/mol. The average Bonchev–Trinajstić information content (AvgIpc) is 3.00. The first-order valence-electron chi connectivity index (χ1n) is 16.4. The van der Waals surface area contributed by atoms with E-state index in [1.165, 1.54) is 24.5 Å². The molecule has 0 aliphatic carbocycles. The molecule has 2 atom stereocenters. The zero-order chi connectivity index (χ0) is 39.8. The highest BCUT2D eigenvalue weighted by molar-refractivity contribution is 6.37. The van der Waals surface area contributed by atoms with Gasteiger partial charge in [0.1, 0.15) is 21.9 Å². The van der Waals surface area contributed by atoms with Gasteiger partial charge < -0.3 is 30.3 Å². The maximum atomic E-state index is 12.2. The summed E-state index contributed by atoms with van der Waals surface area (Å²) in [6.45, 7) is 13.4. The number of nitro groups is 2. The van der Waals surface area contributed by atoms with Crippen molar-refractivity contribution in [3.8, 4) is 0 Å². The number of likely N-dealkylation sites (tertiary alicyclic amines) is 2. The molecule has 3 N–H and O–H groups in total. The number of halogens is 4. The number of anilines is 1. The largest absolute Gasteiger partial charge is 0.444 e. The highest BCUT2D eigenvalue weighted by Crippen LogP contribution is 2.32. The first-order valence-corrected chi connectivity index (χ1v) is 16.8. The molecule has 16 nitrogen and oxygen atoms in total. The number of piperidine rings is 2. The fraction of sp³-hybridized carbons (Fsp3) is 0.625. The van der Waals surface area contributed by atoms with Crippen molar-refractivity contribution in [2.45, 2.75) is 97.9 Å². The van der Waals surface area contributed by atoms with Crippen LogP contribution in [0.1, 0.15) is 76.0 Å². The minimum atomic E-state index is -1.00. The van der Waals surface area contributed by atoms with Crippen molar-refractivity contribution in [3.63, 3.8) is 0 Å². The van der Waals surface area contributed by atoms with Gasteiger partial charge in [-0.1, -0.05) is 42.2 Å². The van der Waals surface area contributed by atoms with E-state index in [-0.39, 0.29) is 58.4 Å². The maximum absolute atomic E-state index is 12.2. The average molecular weight is 801 g/mol. The van der Waals surface area contributed by atoms with Crippen LogP contribution in [0.15, 0.2) is 24.5 Å². The van der Waals surface area contributed by atoms with Crippen LogP contribution in [-0.4, -0.2) is 98.4 Å². The van der Waals surface area contributed by atoms with Crippen LogP contribution in [0.2, 0.25) is 15.3 Å². The lowest BCUT2D eigenvalue weighted by Gasteiger charge is -2.34. The smallest absolute Gasteiger partial charge is 0.410 e. The summed E-state index contributed by atoms with van der Waals surface area (Å²) in [4.78, 5) is 54.5. The molecule has 2 aromatic rings. The van der Waals surface area contributed by atoms with Gasteiger partial charge in [-0.3, -0.25) is 24.6 Å². The summed E-state index contributed by atoms with van der Waals surface area (Å²) in [6, 6.07) is 2.81. The van der Waals surface area contributed by atoms with Gasteiger partial charge >= 0.3 is 23.6 Å². The fourth-order valence-electron chi connectivity index (χ4n) is 4.60. The number of carbonyl (C=O) groups is 2. The van der Waals surface area contributed by atoms with Gasteiger partial charge in [-0.05, 0) is 79.4 Å². The van der Waals surface area contributed by atoms with E-state index >= 15 is 0 Å². The SMILES string of the molecule is C.CC(C)(C)OC(=O)N1CCC[C@@H](N)C1.CC(C)(C)OC(=O)N1CCC[C@@H](Nc2ccnc(Cl)c2[N+](=O)[O-])C1.O=[N+]([O-])c1c(Cl)ccnc1Cl.[2H]CF. The summed E-state index contributed by atoms with van der Waals surface area (Å²) >= 11 is 16.7. The first kappa shape index (κ1) is 46.2. The van der Waals surface area contributed by atoms with Crippen molar-refractivity contribution in [1.29, 1.82) is 0 Å². The second-order valence-electron chi connectivity index (χ2n) is 13.2. The molecule has 2 aliphatic heterocycles. The van der Waals surface area contributed by atoms with Gasteiger partial charge in [0.2, 0.25) is 10.3 Å². The lowest BCUT2D eigenvalue weighted by molar-refractivity contribution is -0.384. The fourth-order valence-corrected chi connectivity index (χ4v) is 5.31. The van der Waals surface area contributed by atoms with Gasteiger partial charge in [-0.25, -0.2) is 19.6 Å². The third kappa shape index (κ3) is 17.1. The highest BCUT2D eigenvalue weighted by Gasteiger charge is 2.30. The van der Waals surface area contributed by atoms with E-state index in [1.807, 2.05) is 41.5 Å². The van der Waals surface area contributed by atoms with Gasteiger partial charge in [-0.2, -0.15) is 0 Å². The number of pyridine rings is 2. The normalized spacial score (nSPS) is 17.1. The zero-order valence-corrected chi connectivity index (χ0v) is 31.6. The van der Waals surface area contributed by atoms with Gasteiger partial charge in [-0.15, -0.1) is 0 Å². The van der Waals surface area contributed by atoms with Crippen LogP contribution in [0, 0.1) is 20.2 Å². The Bertz CT molecular complexity index is 1480. The molecule has 294 valence electrons. The molecule has 2 saturated heterocycles. The van der Waals surface area contributed by atoms with Gasteiger partial charge in [0.05, 0.1) is 18.4 Å². The Balaban J connectivity index is 0.000000792. The molecule has 4 rings (SSSR count). The second kappa shape index (κ2) is 22.3. The van der Waals surface area contributed by atoms with Crippen LogP contribution < -0.4 is 11.1 Å². The molecule has 0 radical (unpaired) electrons. The Hall–Kier alpha value is -3.80.